The number of nitrogens with one attached hydrogen (secondary N) is 1. The summed E-state index contributed by atoms with van der Waals surface area (Å²) in [7, 11) is 2.86. The first kappa shape index (κ1) is 10.2. The second-order valence-electron chi connectivity index (χ2n) is 1.62. The van der Waals surface area contributed by atoms with E-state index in [2.05, 4.69) is 4.84 Å². The third kappa shape index (κ3) is 5.59. The van der Waals surface area contributed by atoms with Crippen molar-refractivity contribution in [2.75, 3.05) is 20.8 Å². The Balaban J connectivity index is 3.28. The molecule has 2 N–H and O–H groups in total. The van der Waals surface area contributed by atoms with Gasteiger partial charge in [-0.2, -0.15) is 5.48 Å². The molecule has 0 saturated carbocycles. The van der Waals surface area contributed by atoms with Gasteiger partial charge in [0, 0.05) is 14.2 Å². The van der Waals surface area contributed by atoms with Gasteiger partial charge in [-0.05, 0) is 0 Å². The summed E-state index contributed by atoms with van der Waals surface area (Å²) in [6.45, 7) is 0.0132. The third-order valence-electron chi connectivity index (χ3n) is 0.905. The first-order chi connectivity index (χ1) is 5.20. The number of carboxylic acid groups (broad SMARTS) is 1. The van der Waals surface area contributed by atoms with Crippen molar-refractivity contribution < 1.29 is 24.2 Å². The molecule has 0 saturated heterocycles. The van der Waals surface area contributed by atoms with E-state index in [1.807, 2.05) is 0 Å². The van der Waals surface area contributed by atoms with Gasteiger partial charge >= 0.3 is 6.09 Å². The zero-order valence-corrected chi connectivity index (χ0v) is 6.36. The summed E-state index contributed by atoms with van der Waals surface area (Å²) in [6.07, 6.45) is -1.81. The topological polar surface area (TPSA) is 77.0 Å². The van der Waals surface area contributed by atoms with E-state index in [1.165, 1.54) is 14.2 Å². The highest BCUT2D eigenvalue weighted by Crippen LogP contribution is 1.89. The minimum Gasteiger partial charge on any atom is -0.464 e. The SMILES string of the molecule is COC(CONC(=O)O)OC. The molecule has 1 amide bonds. The summed E-state index contributed by atoms with van der Waals surface area (Å²) in [4.78, 5) is 14.3. The average molecular weight is 165 g/mol. The molecule has 0 heterocycles. The minimum absolute atomic E-state index is 0.0132. The van der Waals surface area contributed by atoms with Crippen LogP contribution in [-0.4, -0.2) is 38.3 Å². The molecular formula is C5H11NO5. The van der Waals surface area contributed by atoms with E-state index in [-0.39, 0.29) is 6.61 Å². The molecule has 0 aliphatic rings. The van der Waals surface area contributed by atoms with E-state index in [0.717, 1.165) is 0 Å². The molecule has 0 radical (unpaired) electrons. The number of ether oxygens (including phenoxy) is 2. The predicted octanol–water partition coefficient (Wildman–Crippen LogP) is -0.195. The Labute approximate surface area is 64.0 Å². The lowest BCUT2D eigenvalue weighted by Gasteiger charge is -2.11. The number of amides is 1. The van der Waals surface area contributed by atoms with Gasteiger partial charge in [-0.15, -0.1) is 0 Å². The fraction of sp³-hybridized carbons (Fsp3) is 0.800. The molecule has 0 bridgehead atoms. The first-order valence-corrected chi connectivity index (χ1v) is 2.87. The summed E-state index contributed by atoms with van der Waals surface area (Å²) >= 11 is 0. The van der Waals surface area contributed by atoms with Crippen LogP contribution in [0.1, 0.15) is 0 Å². The van der Waals surface area contributed by atoms with Crippen LogP contribution in [0, 0.1) is 0 Å². The number of hydroxylamine groups is 1. The first-order valence-electron chi connectivity index (χ1n) is 2.87. The summed E-state index contributed by atoms with van der Waals surface area (Å²) in [5.41, 5.74) is 1.70. The van der Waals surface area contributed by atoms with Crippen molar-refractivity contribution in [1.29, 1.82) is 0 Å². The van der Waals surface area contributed by atoms with E-state index in [9.17, 15) is 4.79 Å². The maximum absolute atomic E-state index is 9.84. The van der Waals surface area contributed by atoms with Crippen molar-refractivity contribution in [3.63, 3.8) is 0 Å². The molecule has 0 aliphatic heterocycles. The predicted molar refractivity (Wildman–Crippen MR) is 34.9 cm³/mol. The molecule has 0 aromatic heterocycles. The van der Waals surface area contributed by atoms with Crippen molar-refractivity contribution in [1.82, 2.24) is 5.48 Å². The Hall–Kier alpha value is -0.850. The van der Waals surface area contributed by atoms with E-state index < -0.39 is 12.4 Å². The molecular weight excluding hydrogens is 154 g/mol. The van der Waals surface area contributed by atoms with Gasteiger partial charge in [0.25, 0.3) is 0 Å². The standard InChI is InChI=1S/C5H11NO5/c1-9-4(10-2)3-11-6-5(7)8/h4,6H,3H2,1-2H3,(H,7,8). The van der Waals surface area contributed by atoms with E-state index >= 15 is 0 Å². The second-order valence-corrected chi connectivity index (χ2v) is 1.62. The summed E-state index contributed by atoms with van der Waals surface area (Å²) in [5, 5.41) is 8.05. The third-order valence-corrected chi connectivity index (χ3v) is 0.905. The fourth-order valence-corrected chi connectivity index (χ4v) is 0.404. The van der Waals surface area contributed by atoms with Gasteiger partial charge in [0.1, 0.15) is 6.61 Å². The highest BCUT2D eigenvalue weighted by Gasteiger charge is 2.05. The van der Waals surface area contributed by atoms with Crippen LogP contribution in [0.25, 0.3) is 0 Å². The molecule has 0 rings (SSSR count). The molecule has 0 unspecified atom stereocenters. The summed E-state index contributed by atoms with van der Waals surface area (Å²) in [6, 6.07) is 0. The molecule has 0 aromatic rings. The van der Waals surface area contributed by atoms with E-state index in [4.69, 9.17) is 14.6 Å². The van der Waals surface area contributed by atoms with Crippen molar-refractivity contribution >= 4 is 6.09 Å². The second kappa shape index (κ2) is 5.90. The number of carbonyl (C=O) groups is 1. The average Bonchev–Trinajstić information content (AvgIpc) is 1.98. The largest absolute Gasteiger partial charge is 0.464 e. The Kier molecular flexibility index (Phi) is 5.44. The van der Waals surface area contributed by atoms with Gasteiger partial charge in [0.15, 0.2) is 6.29 Å². The Morgan fingerprint density at radius 2 is 2.09 bits per heavy atom. The zero-order chi connectivity index (χ0) is 8.69. The van der Waals surface area contributed by atoms with Crippen LogP contribution >= 0.6 is 0 Å². The van der Waals surface area contributed by atoms with E-state index in [1.54, 1.807) is 5.48 Å². The lowest BCUT2D eigenvalue weighted by Crippen LogP contribution is -2.28. The lowest BCUT2D eigenvalue weighted by atomic mass is 10.7. The Morgan fingerprint density at radius 1 is 1.55 bits per heavy atom. The normalized spacial score (nSPS) is 10.1. The fourth-order valence-electron chi connectivity index (χ4n) is 0.404. The molecule has 66 valence electrons. The van der Waals surface area contributed by atoms with Crippen molar-refractivity contribution in [3.8, 4) is 0 Å². The molecule has 11 heavy (non-hydrogen) atoms. The highest BCUT2D eigenvalue weighted by atomic mass is 16.7. The minimum atomic E-state index is -1.25. The van der Waals surface area contributed by atoms with E-state index in [0.29, 0.717) is 0 Å². The molecule has 0 aromatic carbocycles. The monoisotopic (exact) mass is 165 g/mol. The number of methoxy groups -OCH3 is 2. The molecule has 0 atom stereocenters. The van der Waals surface area contributed by atoms with Crippen LogP contribution in [0.3, 0.4) is 0 Å². The van der Waals surface area contributed by atoms with Crippen LogP contribution in [0.4, 0.5) is 4.79 Å². The maximum atomic E-state index is 9.84. The van der Waals surface area contributed by atoms with Crippen molar-refractivity contribution in [3.05, 3.63) is 0 Å². The molecule has 6 heteroatoms. The summed E-state index contributed by atoms with van der Waals surface area (Å²) < 4.78 is 9.40. The van der Waals surface area contributed by atoms with Gasteiger partial charge in [-0.1, -0.05) is 0 Å². The Bertz CT molecular complexity index is 113. The van der Waals surface area contributed by atoms with Crippen molar-refractivity contribution in [2.24, 2.45) is 0 Å². The molecule has 0 fully saturated rings. The van der Waals surface area contributed by atoms with Crippen molar-refractivity contribution in [2.45, 2.75) is 6.29 Å². The maximum Gasteiger partial charge on any atom is 0.428 e. The summed E-state index contributed by atoms with van der Waals surface area (Å²) in [5.74, 6) is 0. The Morgan fingerprint density at radius 3 is 2.45 bits per heavy atom. The van der Waals surface area contributed by atoms with Crippen LogP contribution in [0.15, 0.2) is 0 Å². The van der Waals surface area contributed by atoms with Gasteiger partial charge in [-0.25, -0.2) is 4.79 Å². The number of hydrogen-bond acceptors (Lipinski definition) is 4. The van der Waals surface area contributed by atoms with Gasteiger partial charge < -0.3 is 14.6 Å². The van der Waals surface area contributed by atoms with Gasteiger partial charge in [0.2, 0.25) is 0 Å². The molecule has 0 spiro atoms. The molecule has 0 aliphatic carbocycles. The highest BCUT2D eigenvalue weighted by molar-refractivity contribution is 5.62. The van der Waals surface area contributed by atoms with Crippen LogP contribution < -0.4 is 5.48 Å². The quantitative estimate of drug-likeness (QED) is 0.436. The van der Waals surface area contributed by atoms with Gasteiger partial charge in [-0.3, -0.25) is 4.84 Å². The number of hydrogen-bond donors (Lipinski definition) is 2. The van der Waals surface area contributed by atoms with Crippen LogP contribution in [0.2, 0.25) is 0 Å². The number of rotatable bonds is 5. The van der Waals surface area contributed by atoms with Gasteiger partial charge in [0.05, 0.1) is 0 Å². The van der Waals surface area contributed by atoms with Crippen LogP contribution in [0.5, 0.6) is 0 Å². The molecule has 6 nitrogen and oxygen atoms in total. The zero-order valence-electron chi connectivity index (χ0n) is 6.36. The smallest absolute Gasteiger partial charge is 0.428 e. The van der Waals surface area contributed by atoms with Crippen LogP contribution in [-0.2, 0) is 14.3 Å². The lowest BCUT2D eigenvalue weighted by molar-refractivity contribution is -0.151.